The van der Waals surface area contributed by atoms with E-state index in [9.17, 15) is 32.9 Å². The van der Waals surface area contributed by atoms with Gasteiger partial charge < -0.3 is 8.92 Å². The van der Waals surface area contributed by atoms with E-state index < -0.39 is 38.5 Å². The third-order valence-electron chi connectivity index (χ3n) is 6.03. The second kappa shape index (κ2) is 12.1. The van der Waals surface area contributed by atoms with Crippen LogP contribution in [0.5, 0.6) is 11.5 Å². The molecule has 0 bridgehead atoms. The highest BCUT2D eigenvalue weighted by Gasteiger charge is 2.37. The Hall–Kier alpha value is -5.30. The number of carbonyl (C=O) groups is 3. The van der Waals surface area contributed by atoms with Crippen LogP contribution in [0.4, 0.5) is 16.2 Å². The Kier molecular flexibility index (Phi) is 8.52. The van der Waals surface area contributed by atoms with E-state index in [1.165, 1.54) is 54.6 Å². The van der Waals surface area contributed by atoms with Gasteiger partial charge in [-0.3, -0.25) is 25.0 Å². The minimum absolute atomic E-state index is 0.0228. The molecule has 3 aromatic carbocycles. The van der Waals surface area contributed by atoms with Crippen molar-refractivity contribution in [1.29, 1.82) is 0 Å². The SMILES string of the molecule is C=CCc1cc(/C=C2\C(=O)NC(=O)N(c3cccc([N+](=O)[O-])c3)C2=O)cc(OCC)c1OS(=O)(=O)c1ccc(C)cc1. The van der Waals surface area contributed by atoms with E-state index >= 15 is 0 Å². The number of nitrogens with zero attached hydrogens (tertiary/aromatic N) is 2. The van der Waals surface area contributed by atoms with Crippen molar-refractivity contribution in [3.8, 4) is 11.5 Å². The lowest BCUT2D eigenvalue weighted by molar-refractivity contribution is -0.384. The number of allylic oxidation sites excluding steroid dienone is 1. The number of ether oxygens (including phenoxy) is 1. The van der Waals surface area contributed by atoms with Gasteiger partial charge in [-0.2, -0.15) is 8.42 Å². The van der Waals surface area contributed by atoms with Crippen LogP contribution in [0.2, 0.25) is 0 Å². The highest BCUT2D eigenvalue weighted by Crippen LogP contribution is 2.37. The first-order valence-corrected chi connectivity index (χ1v) is 13.9. The number of barbiturate groups is 1. The average molecular weight is 592 g/mol. The number of anilines is 1. The maximum absolute atomic E-state index is 13.3. The maximum Gasteiger partial charge on any atom is 0.339 e. The van der Waals surface area contributed by atoms with Crippen molar-refractivity contribution in [2.24, 2.45) is 0 Å². The minimum Gasteiger partial charge on any atom is -0.490 e. The molecular weight excluding hydrogens is 566 g/mol. The predicted octanol–water partition coefficient (Wildman–Crippen LogP) is 4.46. The Bertz CT molecular complexity index is 1750. The molecule has 0 saturated carbocycles. The third-order valence-corrected chi connectivity index (χ3v) is 7.27. The van der Waals surface area contributed by atoms with Crippen LogP contribution in [0.3, 0.4) is 0 Å². The van der Waals surface area contributed by atoms with Gasteiger partial charge in [0.05, 0.1) is 17.2 Å². The summed E-state index contributed by atoms with van der Waals surface area (Å²) >= 11 is 0. The predicted molar refractivity (Wildman–Crippen MR) is 153 cm³/mol. The quantitative estimate of drug-likeness (QED) is 0.0895. The molecule has 1 aliphatic heterocycles. The molecule has 1 saturated heterocycles. The number of non-ortho nitro benzene ring substituents is 1. The number of nitrogens with one attached hydrogen (secondary N) is 1. The summed E-state index contributed by atoms with van der Waals surface area (Å²) in [4.78, 5) is 49.7. The summed E-state index contributed by atoms with van der Waals surface area (Å²) in [5.74, 6) is -2.08. The van der Waals surface area contributed by atoms with Gasteiger partial charge in [0.1, 0.15) is 10.5 Å². The lowest BCUT2D eigenvalue weighted by Crippen LogP contribution is -2.54. The number of nitro benzene ring substituents is 1. The van der Waals surface area contributed by atoms with Gasteiger partial charge in [-0.15, -0.1) is 6.58 Å². The number of benzene rings is 3. The van der Waals surface area contributed by atoms with E-state index in [0.29, 0.717) is 10.5 Å². The number of carbonyl (C=O) groups excluding carboxylic acids is 3. The molecule has 1 fully saturated rings. The van der Waals surface area contributed by atoms with Gasteiger partial charge in [-0.25, -0.2) is 9.69 Å². The molecule has 0 radical (unpaired) electrons. The summed E-state index contributed by atoms with van der Waals surface area (Å²) in [5.41, 5.74) is 0.519. The van der Waals surface area contributed by atoms with Crippen LogP contribution in [0.15, 0.2) is 83.8 Å². The summed E-state index contributed by atoms with van der Waals surface area (Å²) in [6, 6.07) is 12.7. The molecule has 12 nitrogen and oxygen atoms in total. The van der Waals surface area contributed by atoms with Crippen molar-refractivity contribution in [1.82, 2.24) is 5.32 Å². The largest absolute Gasteiger partial charge is 0.490 e. The minimum atomic E-state index is -4.26. The van der Waals surface area contributed by atoms with Gasteiger partial charge in [0.2, 0.25) is 0 Å². The van der Waals surface area contributed by atoms with E-state index in [1.54, 1.807) is 19.1 Å². The zero-order chi connectivity index (χ0) is 30.6. The normalized spacial score (nSPS) is 14.5. The number of urea groups is 1. The number of amides is 4. The molecule has 0 aliphatic carbocycles. The van der Waals surface area contributed by atoms with Gasteiger partial charge in [-0.1, -0.05) is 29.8 Å². The number of hydrogen-bond acceptors (Lipinski definition) is 9. The number of aryl methyl sites for hydroxylation is 1. The Morgan fingerprint density at radius 1 is 1.07 bits per heavy atom. The van der Waals surface area contributed by atoms with E-state index in [-0.39, 0.29) is 46.4 Å². The fraction of sp³-hybridized carbons (Fsp3) is 0.138. The number of hydrogen-bond donors (Lipinski definition) is 1. The Balaban J connectivity index is 1.78. The first kappa shape index (κ1) is 29.7. The van der Waals surface area contributed by atoms with Gasteiger partial charge in [0.15, 0.2) is 11.5 Å². The van der Waals surface area contributed by atoms with Gasteiger partial charge in [0, 0.05) is 17.7 Å². The number of nitro groups is 1. The molecule has 0 atom stereocenters. The Morgan fingerprint density at radius 2 is 1.79 bits per heavy atom. The van der Waals surface area contributed by atoms with Crippen LogP contribution >= 0.6 is 0 Å². The maximum atomic E-state index is 13.3. The zero-order valence-corrected chi connectivity index (χ0v) is 23.3. The summed E-state index contributed by atoms with van der Waals surface area (Å²) < 4.78 is 37.4. The fourth-order valence-corrected chi connectivity index (χ4v) is 5.07. The topological polar surface area (TPSA) is 162 Å². The lowest BCUT2D eigenvalue weighted by atomic mass is 10.0. The van der Waals surface area contributed by atoms with Crippen molar-refractivity contribution < 1.29 is 36.6 Å². The van der Waals surface area contributed by atoms with Crippen LogP contribution in [0, 0.1) is 17.0 Å². The monoisotopic (exact) mass is 591 g/mol. The van der Waals surface area contributed by atoms with Crippen molar-refractivity contribution in [3.63, 3.8) is 0 Å². The second-order valence-electron chi connectivity index (χ2n) is 9.02. The number of imide groups is 2. The fourth-order valence-electron chi connectivity index (χ4n) is 4.10. The summed E-state index contributed by atoms with van der Waals surface area (Å²) in [6.45, 7) is 7.33. The van der Waals surface area contributed by atoms with Crippen molar-refractivity contribution >= 4 is 45.4 Å². The molecule has 0 spiro atoms. The molecule has 1 aliphatic rings. The molecule has 4 amide bonds. The van der Waals surface area contributed by atoms with Crippen LogP contribution in [0.1, 0.15) is 23.6 Å². The van der Waals surface area contributed by atoms with Crippen LogP contribution < -0.4 is 19.1 Å². The van der Waals surface area contributed by atoms with Crippen molar-refractivity contribution in [2.45, 2.75) is 25.2 Å². The Morgan fingerprint density at radius 3 is 2.43 bits per heavy atom. The lowest BCUT2D eigenvalue weighted by Gasteiger charge is -2.26. The molecule has 3 aromatic rings. The summed E-state index contributed by atoms with van der Waals surface area (Å²) in [5, 5.41) is 13.3. The van der Waals surface area contributed by atoms with Gasteiger partial charge >= 0.3 is 16.1 Å². The van der Waals surface area contributed by atoms with Gasteiger partial charge in [0.25, 0.3) is 17.5 Å². The third kappa shape index (κ3) is 6.20. The molecule has 0 unspecified atom stereocenters. The molecular formula is C29H25N3O9S. The summed E-state index contributed by atoms with van der Waals surface area (Å²) in [7, 11) is -4.26. The summed E-state index contributed by atoms with van der Waals surface area (Å²) in [6.07, 6.45) is 2.84. The Labute approximate surface area is 241 Å². The molecule has 1 N–H and O–H groups in total. The standard InChI is InChI=1S/C29H25N3O9S/c1-4-7-20-14-19(16-25(40-5-2)26(20)41-42(38,39)23-12-10-18(3)11-13-23)15-24-27(33)30-29(35)31(28(24)34)21-8-6-9-22(17-21)32(36)37/h4,6,8-17H,1,5,7H2,2-3H3,(H,30,33,35)/b24-15+. The van der Waals surface area contributed by atoms with E-state index in [1.807, 2.05) is 6.92 Å². The average Bonchev–Trinajstić information content (AvgIpc) is 2.93. The van der Waals surface area contributed by atoms with Crippen molar-refractivity contribution in [2.75, 3.05) is 11.5 Å². The van der Waals surface area contributed by atoms with E-state index in [2.05, 4.69) is 11.9 Å². The smallest absolute Gasteiger partial charge is 0.339 e. The van der Waals surface area contributed by atoms with Crippen LogP contribution in [-0.2, 0) is 26.1 Å². The van der Waals surface area contributed by atoms with E-state index in [0.717, 1.165) is 11.6 Å². The highest BCUT2D eigenvalue weighted by atomic mass is 32.2. The molecule has 216 valence electrons. The molecule has 0 aromatic heterocycles. The molecule has 42 heavy (non-hydrogen) atoms. The van der Waals surface area contributed by atoms with Crippen LogP contribution in [0.25, 0.3) is 6.08 Å². The van der Waals surface area contributed by atoms with E-state index in [4.69, 9.17) is 8.92 Å². The van der Waals surface area contributed by atoms with Crippen molar-refractivity contribution in [3.05, 3.63) is 106 Å². The highest BCUT2D eigenvalue weighted by molar-refractivity contribution is 7.87. The molecule has 13 heteroatoms. The molecule has 1 heterocycles. The first-order chi connectivity index (χ1) is 19.9. The first-order valence-electron chi connectivity index (χ1n) is 12.5. The second-order valence-corrected chi connectivity index (χ2v) is 10.6. The zero-order valence-electron chi connectivity index (χ0n) is 22.5. The number of rotatable bonds is 10. The van der Waals surface area contributed by atoms with Crippen LogP contribution in [-0.4, -0.2) is 37.8 Å². The molecule has 4 rings (SSSR count). The van der Waals surface area contributed by atoms with Gasteiger partial charge in [-0.05, 0) is 62.2 Å².